The number of nitrogens with one attached hydrogen (secondary N) is 1. The van der Waals surface area contributed by atoms with E-state index in [-0.39, 0.29) is 0 Å². The summed E-state index contributed by atoms with van der Waals surface area (Å²) in [5, 5.41) is 9.57. The van der Waals surface area contributed by atoms with Crippen molar-refractivity contribution in [3.8, 4) is 11.3 Å². The molecule has 0 aliphatic heterocycles. The van der Waals surface area contributed by atoms with Crippen molar-refractivity contribution in [2.75, 3.05) is 5.32 Å². The number of benzene rings is 1. The Morgan fingerprint density at radius 3 is 2.82 bits per heavy atom. The lowest BCUT2D eigenvalue weighted by Gasteiger charge is -2.03. The van der Waals surface area contributed by atoms with Crippen LogP contribution in [0, 0.1) is 6.92 Å². The van der Waals surface area contributed by atoms with Crippen LogP contribution in [0.4, 0.5) is 11.8 Å². The molecule has 0 spiro atoms. The fourth-order valence-electron chi connectivity index (χ4n) is 2.15. The molecule has 0 aliphatic carbocycles. The van der Waals surface area contributed by atoms with Crippen LogP contribution in [0.15, 0.2) is 48.1 Å². The molecule has 108 valence electrons. The number of aryl methyl sites for hydroxylation is 1. The molecule has 0 saturated carbocycles. The van der Waals surface area contributed by atoms with Crippen LogP contribution in [0.2, 0.25) is 0 Å². The lowest BCUT2D eigenvalue weighted by Crippen LogP contribution is -1.98. The number of thiazole rings is 1. The summed E-state index contributed by atoms with van der Waals surface area (Å²) < 4.78 is 1.81. The summed E-state index contributed by atoms with van der Waals surface area (Å²) in [5.41, 5.74) is 2.96. The number of anilines is 2. The second kappa shape index (κ2) is 5.19. The fraction of sp³-hybridized carbons (Fsp3) is 0.0667. The number of aromatic nitrogens is 5. The Morgan fingerprint density at radius 2 is 2.00 bits per heavy atom. The van der Waals surface area contributed by atoms with Gasteiger partial charge in [0.15, 0.2) is 0 Å². The van der Waals surface area contributed by atoms with Crippen molar-refractivity contribution >= 4 is 28.1 Å². The van der Waals surface area contributed by atoms with Crippen LogP contribution in [0.1, 0.15) is 5.69 Å². The van der Waals surface area contributed by atoms with Crippen molar-refractivity contribution < 1.29 is 0 Å². The van der Waals surface area contributed by atoms with E-state index >= 15 is 0 Å². The third kappa shape index (κ3) is 2.31. The minimum atomic E-state index is 0.535. The van der Waals surface area contributed by atoms with E-state index in [0.717, 1.165) is 21.9 Å². The molecule has 4 aromatic rings. The summed E-state index contributed by atoms with van der Waals surface area (Å²) in [7, 11) is 0. The molecular weight excluding hydrogens is 296 g/mol. The third-order valence-electron chi connectivity index (χ3n) is 3.22. The molecule has 0 fully saturated rings. The standard InChI is InChI=1S/C15H12N6S/c1-10-8-22-15-19-14(20-21(10)15)18-13-7-12(16-9-17-13)11-5-3-2-4-6-11/h2-9H,1H3,(H,16,17,18,20). The quantitative estimate of drug-likeness (QED) is 0.629. The largest absolute Gasteiger partial charge is 0.307 e. The second-order valence-corrected chi connectivity index (χ2v) is 5.62. The molecule has 3 heterocycles. The number of fused-ring (bicyclic) bond motifs is 1. The number of nitrogens with zero attached hydrogens (tertiary/aromatic N) is 5. The highest BCUT2D eigenvalue weighted by molar-refractivity contribution is 7.15. The minimum Gasteiger partial charge on any atom is -0.307 e. The highest BCUT2D eigenvalue weighted by atomic mass is 32.1. The molecule has 0 atom stereocenters. The van der Waals surface area contributed by atoms with Crippen LogP contribution >= 0.6 is 11.3 Å². The monoisotopic (exact) mass is 308 g/mol. The summed E-state index contributed by atoms with van der Waals surface area (Å²) >= 11 is 1.56. The van der Waals surface area contributed by atoms with Crippen molar-refractivity contribution in [3.63, 3.8) is 0 Å². The summed E-state index contributed by atoms with van der Waals surface area (Å²) in [4.78, 5) is 13.8. The molecule has 3 aromatic heterocycles. The normalized spacial score (nSPS) is 11.0. The van der Waals surface area contributed by atoms with Gasteiger partial charge in [0.05, 0.1) is 11.4 Å². The Morgan fingerprint density at radius 1 is 1.14 bits per heavy atom. The van der Waals surface area contributed by atoms with E-state index in [9.17, 15) is 0 Å². The number of rotatable bonds is 3. The van der Waals surface area contributed by atoms with Crippen LogP contribution in [-0.4, -0.2) is 24.6 Å². The summed E-state index contributed by atoms with van der Waals surface area (Å²) in [5.74, 6) is 1.21. The molecule has 1 aromatic carbocycles. The van der Waals surface area contributed by atoms with Crippen molar-refractivity contribution in [1.29, 1.82) is 0 Å². The summed E-state index contributed by atoms with van der Waals surface area (Å²) in [6.07, 6.45) is 1.54. The maximum atomic E-state index is 4.43. The Kier molecular flexibility index (Phi) is 3.05. The highest BCUT2D eigenvalue weighted by Gasteiger charge is 2.08. The third-order valence-corrected chi connectivity index (χ3v) is 4.16. The first-order valence-electron chi connectivity index (χ1n) is 6.75. The molecule has 1 N–H and O–H groups in total. The number of hydrogen-bond donors (Lipinski definition) is 1. The molecule has 4 rings (SSSR count). The van der Waals surface area contributed by atoms with E-state index in [1.807, 2.05) is 53.2 Å². The molecule has 0 bridgehead atoms. The SMILES string of the molecule is Cc1csc2nc(Nc3cc(-c4ccccc4)ncn3)nn12. The Hall–Kier alpha value is -2.80. The number of hydrogen-bond acceptors (Lipinski definition) is 6. The maximum Gasteiger partial charge on any atom is 0.249 e. The van der Waals surface area contributed by atoms with Crippen LogP contribution in [0.5, 0.6) is 0 Å². The molecule has 7 heteroatoms. The molecule has 0 unspecified atom stereocenters. The fourth-order valence-corrected chi connectivity index (χ4v) is 2.95. The van der Waals surface area contributed by atoms with Gasteiger partial charge in [0.2, 0.25) is 10.9 Å². The van der Waals surface area contributed by atoms with E-state index in [1.165, 1.54) is 6.33 Å². The summed E-state index contributed by atoms with van der Waals surface area (Å²) in [6.45, 7) is 2.00. The average Bonchev–Trinajstić information content (AvgIpc) is 3.10. The van der Waals surface area contributed by atoms with Crippen molar-refractivity contribution in [2.45, 2.75) is 6.92 Å². The van der Waals surface area contributed by atoms with Crippen LogP contribution < -0.4 is 5.32 Å². The van der Waals surface area contributed by atoms with Crippen LogP contribution in [0.25, 0.3) is 16.2 Å². The molecule has 0 saturated heterocycles. The lowest BCUT2D eigenvalue weighted by molar-refractivity contribution is 0.935. The molecular formula is C15H12N6S. The van der Waals surface area contributed by atoms with Crippen molar-refractivity contribution in [1.82, 2.24) is 24.6 Å². The van der Waals surface area contributed by atoms with Gasteiger partial charge >= 0.3 is 0 Å². The first-order valence-corrected chi connectivity index (χ1v) is 7.63. The zero-order chi connectivity index (χ0) is 14.9. The van der Waals surface area contributed by atoms with Gasteiger partial charge in [-0.2, -0.15) is 4.98 Å². The van der Waals surface area contributed by atoms with Crippen molar-refractivity contribution in [2.24, 2.45) is 0 Å². The van der Waals surface area contributed by atoms with Crippen molar-refractivity contribution in [3.05, 3.63) is 53.8 Å². The van der Waals surface area contributed by atoms with Gasteiger partial charge < -0.3 is 5.32 Å². The average molecular weight is 308 g/mol. The molecule has 6 nitrogen and oxygen atoms in total. The minimum absolute atomic E-state index is 0.535. The Bertz CT molecular complexity index is 928. The van der Waals surface area contributed by atoms with Gasteiger partial charge in [-0.1, -0.05) is 30.3 Å². The van der Waals surface area contributed by atoms with Gasteiger partial charge in [-0.25, -0.2) is 14.5 Å². The molecule has 0 aliphatic rings. The molecule has 22 heavy (non-hydrogen) atoms. The van der Waals surface area contributed by atoms with Gasteiger partial charge in [-0.15, -0.1) is 16.4 Å². The second-order valence-electron chi connectivity index (χ2n) is 4.79. The predicted molar refractivity (Wildman–Crippen MR) is 86.4 cm³/mol. The van der Waals surface area contributed by atoms with Gasteiger partial charge in [0, 0.05) is 17.0 Å². The van der Waals surface area contributed by atoms with E-state index in [4.69, 9.17) is 0 Å². The van der Waals surface area contributed by atoms with Gasteiger partial charge in [-0.05, 0) is 6.92 Å². The van der Waals surface area contributed by atoms with Gasteiger partial charge in [-0.3, -0.25) is 0 Å². The van der Waals surface area contributed by atoms with E-state index < -0.39 is 0 Å². The smallest absolute Gasteiger partial charge is 0.249 e. The lowest BCUT2D eigenvalue weighted by atomic mass is 10.1. The molecule has 0 radical (unpaired) electrons. The zero-order valence-corrected chi connectivity index (χ0v) is 12.6. The molecule has 0 amide bonds. The Balaban J connectivity index is 1.65. The predicted octanol–water partition coefficient (Wildman–Crippen LogP) is 3.30. The first-order chi connectivity index (χ1) is 10.8. The summed E-state index contributed by atoms with van der Waals surface area (Å²) in [6, 6.07) is 11.9. The van der Waals surface area contributed by atoms with Gasteiger partial charge in [0.25, 0.3) is 0 Å². The van der Waals surface area contributed by atoms with E-state index in [2.05, 4.69) is 25.4 Å². The maximum absolute atomic E-state index is 4.43. The van der Waals surface area contributed by atoms with E-state index in [0.29, 0.717) is 11.8 Å². The Labute approximate surface area is 130 Å². The van der Waals surface area contributed by atoms with Crippen LogP contribution in [-0.2, 0) is 0 Å². The van der Waals surface area contributed by atoms with Crippen LogP contribution in [0.3, 0.4) is 0 Å². The zero-order valence-electron chi connectivity index (χ0n) is 11.8. The highest BCUT2D eigenvalue weighted by Crippen LogP contribution is 2.21. The van der Waals surface area contributed by atoms with Gasteiger partial charge in [0.1, 0.15) is 12.1 Å². The topological polar surface area (TPSA) is 68.0 Å². The first kappa shape index (κ1) is 12.9. The van der Waals surface area contributed by atoms with E-state index in [1.54, 1.807) is 11.3 Å².